The molecule has 6 nitrogen and oxygen atoms in total. The van der Waals surface area contributed by atoms with Crippen LogP contribution >= 0.6 is 11.6 Å². The van der Waals surface area contributed by atoms with Crippen molar-refractivity contribution in [2.45, 2.75) is 12.5 Å². The number of carboxylic acids is 1. The van der Waals surface area contributed by atoms with Gasteiger partial charge in [-0.2, -0.15) is 0 Å². The van der Waals surface area contributed by atoms with E-state index in [2.05, 4.69) is 5.32 Å². The summed E-state index contributed by atoms with van der Waals surface area (Å²) in [5, 5.41) is 12.0. The number of cyclic esters (lactones) is 1. The fraction of sp³-hybridized carbons (Fsp3) is 0.118. The quantitative estimate of drug-likeness (QED) is 0.834. The molecular weight excluding hydrogens is 334 g/mol. The number of carbonyl (C=O) groups excluding carboxylic acids is 2. The summed E-state index contributed by atoms with van der Waals surface area (Å²) in [7, 11) is 0. The summed E-state index contributed by atoms with van der Waals surface area (Å²) in [6.45, 7) is 0. The number of carboxylic acid groups (broad SMARTS) is 1. The lowest BCUT2D eigenvalue weighted by Gasteiger charge is -2.24. The van der Waals surface area contributed by atoms with Crippen LogP contribution in [0.3, 0.4) is 0 Å². The minimum Gasteiger partial charge on any atom is -0.478 e. The average Bonchev–Trinajstić information content (AvgIpc) is 2.55. The number of ether oxygens (including phenoxy) is 1. The fourth-order valence-electron chi connectivity index (χ4n) is 2.49. The summed E-state index contributed by atoms with van der Waals surface area (Å²) >= 11 is 5.85. The van der Waals surface area contributed by atoms with Crippen molar-refractivity contribution in [1.29, 1.82) is 0 Å². The lowest BCUT2D eigenvalue weighted by atomic mass is 9.98. The zero-order chi connectivity index (χ0) is 17.3. The van der Waals surface area contributed by atoms with Crippen LogP contribution in [0.5, 0.6) is 0 Å². The highest BCUT2D eigenvalue weighted by molar-refractivity contribution is 6.31. The van der Waals surface area contributed by atoms with Crippen LogP contribution in [0.2, 0.25) is 5.02 Å². The molecule has 0 saturated heterocycles. The first kappa shape index (κ1) is 16.0. The summed E-state index contributed by atoms with van der Waals surface area (Å²) in [5.41, 5.74) is 1.09. The third kappa shape index (κ3) is 3.09. The minimum absolute atomic E-state index is 0.0415. The van der Waals surface area contributed by atoms with Crippen molar-refractivity contribution >= 4 is 35.1 Å². The first-order valence-corrected chi connectivity index (χ1v) is 7.46. The van der Waals surface area contributed by atoms with Gasteiger partial charge in [0.05, 0.1) is 16.8 Å². The van der Waals surface area contributed by atoms with Crippen molar-refractivity contribution in [2.75, 3.05) is 5.32 Å². The maximum atomic E-state index is 12.4. The second-order valence-electron chi connectivity index (χ2n) is 5.24. The largest absolute Gasteiger partial charge is 0.478 e. The topological polar surface area (TPSA) is 92.7 Å². The van der Waals surface area contributed by atoms with Crippen molar-refractivity contribution in [2.24, 2.45) is 0 Å². The molecule has 1 atom stereocenters. The van der Waals surface area contributed by atoms with E-state index < -0.39 is 23.9 Å². The molecule has 0 spiro atoms. The Morgan fingerprint density at radius 1 is 1.21 bits per heavy atom. The molecule has 0 saturated carbocycles. The predicted molar refractivity (Wildman–Crippen MR) is 86.4 cm³/mol. The fourth-order valence-corrected chi connectivity index (χ4v) is 2.66. The molecule has 1 aliphatic rings. The van der Waals surface area contributed by atoms with Crippen LogP contribution in [0.4, 0.5) is 5.69 Å². The van der Waals surface area contributed by atoms with Gasteiger partial charge in [0.25, 0.3) is 5.91 Å². The Kier molecular flexibility index (Phi) is 4.22. The third-order valence-corrected chi connectivity index (χ3v) is 3.89. The summed E-state index contributed by atoms with van der Waals surface area (Å²) in [6.07, 6.45) is -0.840. The summed E-state index contributed by atoms with van der Waals surface area (Å²) in [5.74, 6) is -2.38. The Bertz CT molecular complexity index is 849. The SMILES string of the molecule is O=C1OC(C(=O)Nc2ccccc2C(=O)O)Cc2ccc(Cl)cc21. The van der Waals surface area contributed by atoms with Gasteiger partial charge in [-0.25, -0.2) is 9.59 Å². The number of hydrogen-bond acceptors (Lipinski definition) is 4. The van der Waals surface area contributed by atoms with Crippen LogP contribution in [0.15, 0.2) is 42.5 Å². The Balaban J connectivity index is 1.81. The average molecular weight is 346 g/mol. The molecule has 1 amide bonds. The summed E-state index contributed by atoms with van der Waals surface area (Å²) < 4.78 is 5.15. The molecule has 1 heterocycles. The number of aromatic carboxylic acids is 1. The van der Waals surface area contributed by atoms with E-state index in [4.69, 9.17) is 21.4 Å². The van der Waals surface area contributed by atoms with Gasteiger partial charge < -0.3 is 15.2 Å². The lowest BCUT2D eigenvalue weighted by molar-refractivity contribution is -0.125. The highest BCUT2D eigenvalue weighted by Crippen LogP contribution is 2.25. The Hall–Kier alpha value is -2.86. The van der Waals surface area contributed by atoms with E-state index in [9.17, 15) is 14.4 Å². The molecule has 0 radical (unpaired) electrons. The van der Waals surface area contributed by atoms with Crippen LogP contribution in [-0.2, 0) is 16.0 Å². The first-order valence-electron chi connectivity index (χ1n) is 7.08. The van der Waals surface area contributed by atoms with Gasteiger partial charge in [-0.3, -0.25) is 4.79 Å². The van der Waals surface area contributed by atoms with Gasteiger partial charge in [0.15, 0.2) is 6.10 Å². The highest BCUT2D eigenvalue weighted by Gasteiger charge is 2.32. The van der Waals surface area contributed by atoms with E-state index >= 15 is 0 Å². The molecule has 0 aromatic heterocycles. The Morgan fingerprint density at radius 2 is 1.96 bits per heavy atom. The number of carbonyl (C=O) groups is 3. The Morgan fingerprint density at radius 3 is 2.71 bits per heavy atom. The monoisotopic (exact) mass is 345 g/mol. The van der Waals surface area contributed by atoms with Gasteiger partial charge in [-0.15, -0.1) is 0 Å². The van der Waals surface area contributed by atoms with Crippen LogP contribution in [0, 0.1) is 0 Å². The minimum atomic E-state index is -1.16. The number of para-hydroxylation sites is 1. The number of nitrogens with one attached hydrogen (secondary N) is 1. The normalized spacial score (nSPS) is 16.0. The maximum Gasteiger partial charge on any atom is 0.339 e. The molecule has 2 N–H and O–H groups in total. The van der Waals surface area contributed by atoms with Gasteiger partial charge in [0.2, 0.25) is 0 Å². The van der Waals surface area contributed by atoms with Gasteiger partial charge in [0, 0.05) is 11.4 Å². The van der Waals surface area contributed by atoms with Crippen molar-refractivity contribution < 1.29 is 24.2 Å². The molecule has 3 rings (SSSR count). The molecule has 0 aliphatic carbocycles. The molecule has 1 aliphatic heterocycles. The van der Waals surface area contributed by atoms with E-state index in [1.165, 1.54) is 18.2 Å². The number of rotatable bonds is 3. The van der Waals surface area contributed by atoms with Crippen LogP contribution in [-0.4, -0.2) is 29.1 Å². The summed E-state index contributed by atoms with van der Waals surface area (Å²) in [4.78, 5) is 35.6. The smallest absolute Gasteiger partial charge is 0.339 e. The number of anilines is 1. The number of esters is 1. The maximum absolute atomic E-state index is 12.4. The number of halogens is 1. The van der Waals surface area contributed by atoms with Crippen molar-refractivity contribution in [3.63, 3.8) is 0 Å². The number of amides is 1. The molecule has 7 heteroatoms. The first-order chi connectivity index (χ1) is 11.5. The van der Waals surface area contributed by atoms with E-state index in [0.29, 0.717) is 16.1 Å². The molecule has 1 unspecified atom stereocenters. The van der Waals surface area contributed by atoms with E-state index in [1.54, 1.807) is 24.3 Å². The van der Waals surface area contributed by atoms with E-state index in [0.717, 1.165) is 0 Å². The second kappa shape index (κ2) is 6.33. The molecule has 122 valence electrons. The molecule has 0 bridgehead atoms. The molecule has 2 aromatic rings. The third-order valence-electron chi connectivity index (χ3n) is 3.65. The van der Waals surface area contributed by atoms with E-state index in [1.807, 2.05) is 0 Å². The van der Waals surface area contributed by atoms with Crippen molar-refractivity contribution in [3.05, 3.63) is 64.2 Å². The number of hydrogen-bond donors (Lipinski definition) is 2. The molecule has 0 fully saturated rings. The van der Waals surface area contributed by atoms with Gasteiger partial charge >= 0.3 is 11.9 Å². The van der Waals surface area contributed by atoms with Crippen LogP contribution < -0.4 is 5.32 Å². The predicted octanol–water partition coefficient (Wildman–Crippen LogP) is 2.76. The van der Waals surface area contributed by atoms with Gasteiger partial charge in [-0.1, -0.05) is 29.8 Å². The molecule has 24 heavy (non-hydrogen) atoms. The van der Waals surface area contributed by atoms with Crippen molar-refractivity contribution in [3.8, 4) is 0 Å². The number of fused-ring (bicyclic) bond motifs is 1. The molecular formula is C17H12ClNO5. The van der Waals surface area contributed by atoms with Gasteiger partial charge in [-0.05, 0) is 29.8 Å². The standard InChI is InChI=1S/C17H12ClNO5/c18-10-6-5-9-7-14(24-17(23)12(9)8-10)15(20)19-13-4-2-1-3-11(13)16(21)22/h1-6,8,14H,7H2,(H,19,20)(H,21,22). The lowest BCUT2D eigenvalue weighted by Crippen LogP contribution is -2.38. The van der Waals surface area contributed by atoms with Gasteiger partial charge in [0.1, 0.15) is 0 Å². The second-order valence-corrected chi connectivity index (χ2v) is 5.68. The van der Waals surface area contributed by atoms with Crippen LogP contribution in [0.1, 0.15) is 26.3 Å². The summed E-state index contributed by atoms with van der Waals surface area (Å²) in [6, 6.07) is 10.8. The Labute approximate surface area is 142 Å². The van der Waals surface area contributed by atoms with E-state index in [-0.39, 0.29) is 17.7 Å². The zero-order valence-corrected chi connectivity index (χ0v) is 13.0. The number of benzene rings is 2. The molecule has 2 aromatic carbocycles. The zero-order valence-electron chi connectivity index (χ0n) is 12.3. The van der Waals surface area contributed by atoms with Crippen LogP contribution in [0.25, 0.3) is 0 Å². The highest BCUT2D eigenvalue weighted by atomic mass is 35.5. The van der Waals surface area contributed by atoms with Crippen molar-refractivity contribution in [1.82, 2.24) is 0 Å².